The van der Waals surface area contributed by atoms with Crippen molar-refractivity contribution in [3.8, 4) is 0 Å². The molecule has 4 fully saturated rings. The minimum absolute atomic E-state index is 0.185. The standard InChI is InChI=1S/C34H49ClN6O5/c1-34(2,3)46-33(45)40-14-10-24(11-15-40)21-38-18-16-37(17-19-38)20-23-8-12-39(13-9-23)27-5-4-25-26(30(27)35)22-41(32(25)44)28-6-7-29(42)36-31(28)43/h4-5,23-24,28H,6-22H2,1-3H3,(H,36,42,43). The highest BCUT2D eigenvalue weighted by Gasteiger charge is 2.40. The summed E-state index contributed by atoms with van der Waals surface area (Å²) < 4.78 is 5.55. The number of piperazine rings is 1. The van der Waals surface area contributed by atoms with Gasteiger partial charge in [0.15, 0.2) is 0 Å². The molecule has 1 unspecified atom stereocenters. The van der Waals surface area contributed by atoms with Gasteiger partial charge in [0.25, 0.3) is 5.91 Å². The van der Waals surface area contributed by atoms with Crippen molar-refractivity contribution >= 4 is 41.1 Å². The first kappa shape index (κ1) is 33.0. The summed E-state index contributed by atoms with van der Waals surface area (Å²) >= 11 is 6.92. The molecular formula is C34H49ClN6O5. The third-order valence-electron chi connectivity index (χ3n) is 10.3. The van der Waals surface area contributed by atoms with E-state index in [4.69, 9.17) is 16.3 Å². The number of hydrogen-bond donors (Lipinski definition) is 1. The van der Waals surface area contributed by atoms with Crippen LogP contribution in [-0.4, -0.2) is 121 Å². The van der Waals surface area contributed by atoms with Crippen LogP contribution in [0.1, 0.15) is 75.2 Å². The Balaban J connectivity index is 0.925. The number of ether oxygens (including phenoxy) is 1. The van der Waals surface area contributed by atoms with Gasteiger partial charge in [0.05, 0.1) is 10.7 Å². The van der Waals surface area contributed by atoms with E-state index in [1.54, 1.807) is 4.90 Å². The zero-order chi connectivity index (χ0) is 32.6. The summed E-state index contributed by atoms with van der Waals surface area (Å²) in [5.41, 5.74) is 1.84. The van der Waals surface area contributed by atoms with E-state index in [2.05, 4.69) is 20.0 Å². The number of nitrogens with one attached hydrogen (secondary N) is 1. The van der Waals surface area contributed by atoms with E-state index in [9.17, 15) is 19.2 Å². The SMILES string of the molecule is CC(C)(C)OC(=O)N1CCC(CN2CCN(CC3CCN(c4ccc5c(c4Cl)CN(C4CCC(=O)NC4=O)C5=O)CC3)CC2)CC1. The lowest BCUT2D eigenvalue weighted by Crippen LogP contribution is -2.52. The quantitative estimate of drug-likeness (QED) is 0.464. The second kappa shape index (κ2) is 13.7. The number of carbonyl (C=O) groups is 4. The molecule has 0 bridgehead atoms. The molecule has 0 aromatic heterocycles. The summed E-state index contributed by atoms with van der Waals surface area (Å²) in [7, 11) is 0. The van der Waals surface area contributed by atoms with Crippen LogP contribution in [0.3, 0.4) is 0 Å². The largest absolute Gasteiger partial charge is 0.444 e. The lowest BCUT2D eigenvalue weighted by molar-refractivity contribution is -0.136. The van der Waals surface area contributed by atoms with Gasteiger partial charge < -0.3 is 29.2 Å². The maximum atomic E-state index is 13.2. The molecule has 1 aromatic carbocycles. The summed E-state index contributed by atoms with van der Waals surface area (Å²) in [5, 5.41) is 2.96. The number of hydrogen-bond acceptors (Lipinski definition) is 8. The van der Waals surface area contributed by atoms with Gasteiger partial charge in [-0.25, -0.2) is 4.79 Å². The molecule has 0 saturated carbocycles. The Morgan fingerprint density at radius 1 is 0.870 bits per heavy atom. The Hall–Kier alpha value is -2.89. The van der Waals surface area contributed by atoms with E-state index in [-0.39, 0.29) is 24.3 Å². The van der Waals surface area contributed by atoms with Crippen LogP contribution in [0.25, 0.3) is 0 Å². The fourth-order valence-corrected chi connectivity index (χ4v) is 8.05. The number of piperidine rings is 3. The Kier molecular flexibility index (Phi) is 9.83. The normalized spacial score (nSPS) is 24.4. The van der Waals surface area contributed by atoms with E-state index in [1.807, 2.05) is 37.8 Å². The number of nitrogens with zero attached hydrogens (tertiary/aromatic N) is 5. The predicted octanol–water partition coefficient (Wildman–Crippen LogP) is 3.58. The highest BCUT2D eigenvalue weighted by atomic mass is 35.5. The molecule has 1 aromatic rings. The molecule has 4 saturated heterocycles. The molecule has 0 spiro atoms. The van der Waals surface area contributed by atoms with E-state index < -0.39 is 17.6 Å². The highest BCUT2D eigenvalue weighted by molar-refractivity contribution is 6.35. The smallest absolute Gasteiger partial charge is 0.410 e. The second-order valence-electron chi connectivity index (χ2n) is 14.8. The third-order valence-corrected chi connectivity index (χ3v) is 10.8. The zero-order valence-corrected chi connectivity index (χ0v) is 28.3. The molecule has 11 nitrogen and oxygen atoms in total. The van der Waals surface area contributed by atoms with Gasteiger partial charge in [-0.3, -0.25) is 19.7 Å². The fraction of sp³-hybridized carbons (Fsp3) is 0.706. The first-order valence-electron chi connectivity index (χ1n) is 17.1. The van der Waals surface area contributed by atoms with Crippen LogP contribution in [0.4, 0.5) is 10.5 Å². The molecule has 4 amide bonds. The number of rotatable bonds is 6. The van der Waals surface area contributed by atoms with Crippen molar-refractivity contribution in [2.75, 3.05) is 70.3 Å². The van der Waals surface area contributed by atoms with Crippen LogP contribution in [0.15, 0.2) is 12.1 Å². The van der Waals surface area contributed by atoms with Crippen molar-refractivity contribution in [1.29, 1.82) is 0 Å². The number of amides is 4. The maximum Gasteiger partial charge on any atom is 0.410 e. The van der Waals surface area contributed by atoms with Crippen LogP contribution in [0, 0.1) is 11.8 Å². The van der Waals surface area contributed by atoms with Crippen LogP contribution >= 0.6 is 11.6 Å². The van der Waals surface area contributed by atoms with Crippen molar-refractivity contribution in [3.63, 3.8) is 0 Å². The number of halogens is 1. The van der Waals surface area contributed by atoms with Crippen molar-refractivity contribution in [2.24, 2.45) is 11.8 Å². The summed E-state index contributed by atoms with van der Waals surface area (Å²) in [6, 6.07) is 3.16. The first-order valence-corrected chi connectivity index (χ1v) is 17.5. The molecule has 46 heavy (non-hydrogen) atoms. The van der Waals surface area contributed by atoms with Gasteiger partial charge in [0, 0.05) is 89.5 Å². The number of carbonyl (C=O) groups excluding carboxylic acids is 4. The van der Waals surface area contributed by atoms with Crippen molar-refractivity contribution < 1.29 is 23.9 Å². The van der Waals surface area contributed by atoms with Gasteiger partial charge in [0.1, 0.15) is 11.6 Å². The average molecular weight is 657 g/mol. The third kappa shape index (κ3) is 7.47. The molecule has 5 aliphatic rings. The van der Waals surface area contributed by atoms with E-state index in [0.717, 1.165) is 102 Å². The average Bonchev–Trinajstić information content (AvgIpc) is 3.35. The Morgan fingerprint density at radius 3 is 2.02 bits per heavy atom. The van der Waals surface area contributed by atoms with Crippen molar-refractivity contribution in [3.05, 3.63) is 28.3 Å². The van der Waals surface area contributed by atoms with Crippen molar-refractivity contribution in [2.45, 2.75) is 77.5 Å². The van der Waals surface area contributed by atoms with Gasteiger partial charge in [-0.2, -0.15) is 0 Å². The summed E-state index contributed by atoms with van der Waals surface area (Å²) in [4.78, 5) is 60.6. The van der Waals surface area contributed by atoms with Crippen molar-refractivity contribution in [1.82, 2.24) is 24.9 Å². The minimum Gasteiger partial charge on any atom is -0.444 e. The van der Waals surface area contributed by atoms with Crippen LogP contribution in [0.2, 0.25) is 5.02 Å². The Labute approximate surface area is 277 Å². The molecule has 0 aliphatic carbocycles. The minimum atomic E-state index is -0.640. The predicted molar refractivity (Wildman–Crippen MR) is 176 cm³/mol. The maximum absolute atomic E-state index is 13.2. The van der Waals surface area contributed by atoms with E-state index in [1.165, 1.54) is 0 Å². The second-order valence-corrected chi connectivity index (χ2v) is 15.1. The van der Waals surface area contributed by atoms with Gasteiger partial charge >= 0.3 is 6.09 Å². The summed E-state index contributed by atoms with van der Waals surface area (Å²) in [5.74, 6) is 0.397. The van der Waals surface area contributed by atoms with Gasteiger partial charge in [-0.15, -0.1) is 0 Å². The molecule has 6 rings (SSSR count). The van der Waals surface area contributed by atoms with Gasteiger partial charge in [0.2, 0.25) is 11.8 Å². The number of imide groups is 1. The molecule has 12 heteroatoms. The lowest BCUT2D eigenvalue weighted by Gasteiger charge is -2.41. The van der Waals surface area contributed by atoms with Gasteiger partial charge in [-0.05, 0) is 76.8 Å². The molecular weight excluding hydrogens is 608 g/mol. The number of likely N-dealkylation sites (tertiary alicyclic amines) is 1. The number of anilines is 1. The monoisotopic (exact) mass is 656 g/mol. The van der Waals surface area contributed by atoms with Gasteiger partial charge in [-0.1, -0.05) is 11.6 Å². The summed E-state index contributed by atoms with van der Waals surface area (Å²) in [6.45, 7) is 16.1. The summed E-state index contributed by atoms with van der Waals surface area (Å²) in [6.07, 6.45) is 4.68. The molecule has 0 radical (unpaired) electrons. The molecule has 252 valence electrons. The van der Waals surface area contributed by atoms with Crippen LogP contribution in [0.5, 0.6) is 0 Å². The highest BCUT2D eigenvalue weighted by Crippen LogP contribution is 2.39. The molecule has 1 N–H and O–H groups in total. The first-order chi connectivity index (χ1) is 21.9. The zero-order valence-electron chi connectivity index (χ0n) is 27.6. The number of benzene rings is 1. The Morgan fingerprint density at radius 2 is 1.46 bits per heavy atom. The number of fused-ring (bicyclic) bond motifs is 1. The van der Waals surface area contributed by atoms with Crippen LogP contribution in [-0.2, 0) is 20.9 Å². The lowest BCUT2D eigenvalue weighted by atomic mass is 9.94. The molecule has 5 heterocycles. The molecule has 1 atom stereocenters. The van der Waals surface area contributed by atoms with E-state index >= 15 is 0 Å². The van der Waals surface area contributed by atoms with Crippen LogP contribution < -0.4 is 10.2 Å². The fourth-order valence-electron chi connectivity index (χ4n) is 7.70. The molecule has 5 aliphatic heterocycles. The topological polar surface area (TPSA) is 106 Å². The Bertz CT molecular complexity index is 1330. The van der Waals surface area contributed by atoms with E-state index in [0.29, 0.717) is 35.4 Å².